The molecule has 2 rings (SSSR count). The predicted octanol–water partition coefficient (Wildman–Crippen LogP) is 1.19. The van der Waals surface area contributed by atoms with Crippen molar-refractivity contribution in [3.63, 3.8) is 0 Å². The monoisotopic (exact) mass is 205 g/mol. The maximum absolute atomic E-state index is 5.84. The minimum Gasteiger partial charge on any atom is -0.398 e. The van der Waals surface area contributed by atoms with Crippen LogP contribution in [0.5, 0.6) is 0 Å². The third kappa shape index (κ3) is 2.30. The number of nitrogens with one attached hydrogen (secondary N) is 1. The molecule has 0 aromatic heterocycles. The van der Waals surface area contributed by atoms with Crippen LogP contribution in [0.1, 0.15) is 29.9 Å². The van der Waals surface area contributed by atoms with Crippen molar-refractivity contribution >= 4 is 5.69 Å². The van der Waals surface area contributed by atoms with Crippen LogP contribution < -0.4 is 16.8 Å². The molecule has 3 heteroatoms. The van der Waals surface area contributed by atoms with E-state index in [0.29, 0.717) is 12.5 Å². The first-order valence-electron chi connectivity index (χ1n) is 5.60. The number of anilines is 1. The van der Waals surface area contributed by atoms with Crippen LogP contribution in [0.15, 0.2) is 18.2 Å². The van der Waals surface area contributed by atoms with Gasteiger partial charge < -0.3 is 16.8 Å². The molecule has 0 atom stereocenters. The molecule has 15 heavy (non-hydrogen) atoms. The number of nitrogens with two attached hydrogens (primary N) is 2. The molecule has 1 fully saturated rings. The van der Waals surface area contributed by atoms with Gasteiger partial charge in [0, 0.05) is 12.2 Å². The SMILES string of the molecule is NCc1cc(C2CCNCC2)ccc1N. The summed E-state index contributed by atoms with van der Waals surface area (Å²) < 4.78 is 0. The summed E-state index contributed by atoms with van der Waals surface area (Å²) in [6.45, 7) is 2.77. The van der Waals surface area contributed by atoms with Crippen LogP contribution in [-0.4, -0.2) is 13.1 Å². The largest absolute Gasteiger partial charge is 0.398 e. The Hall–Kier alpha value is -1.06. The highest BCUT2D eigenvalue weighted by atomic mass is 14.9. The van der Waals surface area contributed by atoms with Crippen LogP contribution in [0.25, 0.3) is 0 Å². The van der Waals surface area contributed by atoms with Crippen LogP contribution in [0.2, 0.25) is 0 Å². The normalized spacial score (nSPS) is 17.9. The molecule has 0 aliphatic carbocycles. The second-order valence-electron chi connectivity index (χ2n) is 4.19. The van der Waals surface area contributed by atoms with Gasteiger partial charge in [0.25, 0.3) is 0 Å². The third-order valence-electron chi connectivity index (χ3n) is 3.20. The highest BCUT2D eigenvalue weighted by Gasteiger charge is 2.15. The minimum atomic E-state index is 0.532. The summed E-state index contributed by atoms with van der Waals surface area (Å²) in [5.74, 6) is 0.678. The summed E-state index contributed by atoms with van der Waals surface area (Å²) in [5, 5.41) is 3.38. The van der Waals surface area contributed by atoms with Gasteiger partial charge in [-0.2, -0.15) is 0 Å². The van der Waals surface area contributed by atoms with Gasteiger partial charge in [-0.15, -0.1) is 0 Å². The van der Waals surface area contributed by atoms with Crippen LogP contribution in [0.4, 0.5) is 5.69 Å². The van der Waals surface area contributed by atoms with Crippen molar-refractivity contribution < 1.29 is 0 Å². The zero-order valence-corrected chi connectivity index (χ0v) is 9.00. The van der Waals surface area contributed by atoms with E-state index >= 15 is 0 Å². The van der Waals surface area contributed by atoms with Crippen molar-refractivity contribution in [2.24, 2.45) is 5.73 Å². The number of piperidine rings is 1. The van der Waals surface area contributed by atoms with E-state index in [9.17, 15) is 0 Å². The van der Waals surface area contributed by atoms with Gasteiger partial charge in [-0.25, -0.2) is 0 Å². The van der Waals surface area contributed by atoms with E-state index < -0.39 is 0 Å². The molecule has 0 amide bonds. The summed E-state index contributed by atoms with van der Waals surface area (Å²) in [5.41, 5.74) is 14.8. The lowest BCUT2D eigenvalue weighted by Gasteiger charge is -2.23. The summed E-state index contributed by atoms with van der Waals surface area (Å²) in [4.78, 5) is 0. The van der Waals surface area contributed by atoms with E-state index in [0.717, 1.165) is 24.3 Å². The second-order valence-corrected chi connectivity index (χ2v) is 4.19. The quantitative estimate of drug-likeness (QED) is 0.636. The van der Waals surface area contributed by atoms with Crippen molar-refractivity contribution in [1.82, 2.24) is 5.32 Å². The fraction of sp³-hybridized carbons (Fsp3) is 0.500. The Kier molecular flexibility index (Phi) is 3.23. The molecule has 0 saturated carbocycles. The Labute approximate surface area is 90.8 Å². The van der Waals surface area contributed by atoms with Gasteiger partial charge in [0.1, 0.15) is 0 Å². The zero-order valence-electron chi connectivity index (χ0n) is 9.00. The average molecular weight is 205 g/mol. The molecule has 0 unspecified atom stereocenters. The number of rotatable bonds is 2. The van der Waals surface area contributed by atoms with Crippen LogP contribution in [0, 0.1) is 0 Å². The highest BCUT2D eigenvalue weighted by molar-refractivity contribution is 5.49. The molecule has 1 aromatic carbocycles. The molecule has 1 aromatic rings. The summed E-state index contributed by atoms with van der Waals surface area (Å²) >= 11 is 0. The standard InChI is InChI=1S/C12H19N3/c13-8-11-7-10(1-2-12(11)14)9-3-5-15-6-4-9/h1-2,7,9,15H,3-6,8,13-14H2. The van der Waals surface area contributed by atoms with Gasteiger partial charge in [0.05, 0.1) is 0 Å². The highest BCUT2D eigenvalue weighted by Crippen LogP contribution is 2.27. The van der Waals surface area contributed by atoms with Gasteiger partial charge in [-0.05, 0) is 49.0 Å². The lowest BCUT2D eigenvalue weighted by atomic mass is 9.89. The molecule has 5 N–H and O–H groups in total. The third-order valence-corrected chi connectivity index (χ3v) is 3.20. The van der Waals surface area contributed by atoms with Gasteiger partial charge in [-0.3, -0.25) is 0 Å². The van der Waals surface area contributed by atoms with Crippen molar-refractivity contribution in [2.45, 2.75) is 25.3 Å². The molecule has 1 aliphatic heterocycles. The van der Waals surface area contributed by atoms with Gasteiger partial charge in [0.2, 0.25) is 0 Å². The van der Waals surface area contributed by atoms with Crippen molar-refractivity contribution in [1.29, 1.82) is 0 Å². The number of hydrogen-bond acceptors (Lipinski definition) is 3. The van der Waals surface area contributed by atoms with E-state index in [1.165, 1.54) is 18.4 Å². The van der Waals surface area contributed by atoms with Gasteiger partial charge >= 0.3 is 0 Å². The fourth-order valence-electron chi connectivity index (χ4n) is 2.21. The molecule has 1 heterocycles. The number of hydrogen-bond donors (Lipinski definition) is 3. The van der Waals surface area contributed by atoms with E-state index in [2.05, 4.69) is 17.4 Å². The number of benzene rings is 1. The maximum atomic E-state index is 5.84. The molecular weight excluding hydrogens is 186 g/mol. The minimum absolute atomic E-state index is 0.532. The Morgan fingerprint density at radius 1 is 1.27 bits per heavy atom. The maximum Gasteiger partial charge on any atom is 0.0359 e. The lowest BCUT2D eigenvalue weighted by Crippen LogP contribution is -2.26. The first-order valence-corrected chi connectivity index (χ1v) is 5.60. The first-order chi connectivity index (χ1) is 7.31. The van der Waals surface area contributed by atoms with Gasteiger partial charge in [-0.1, -0.05) is 12.1 Å². The second kappa shape index (κ2) is 4.64. The molecule has 0 radical (unpaired) electrons. The van der Waals surface area contributed by atoms with Gasteiger partial charge in [0.15, 0.2) is 0 Å². The Morgan fingerprint density at radius 3 is 2.67 bits per heavy atom. The van der Waals surface area contributed by atoms with Crippen molar-refractivity contribution in [2.75, 3.05) is 18.8 Å². The average Bonchev–Trinajstić information content (AvgIpc) is 2.31. The summed E-state index contributed by atoms with van der Waals surface area (Å²) in [6, 6.07) is 6.30. The van der Waals surface area contributed by atoms with E-state index in [1.807, 2.05) is 6.07 Å². The Morgan fingerprint density at radius 2 is 2.00 bits per heavy atom. The molecule has 82 valence electrons. The molecule has 0 bridgehead atoms. The molecule has 3 nitrogen and oxygen atoms in total. The molecule has 1 aliphatic rings. The smallest absolute Gasteiger partial charge is 0.0359 e. The van der Waals surface area contributed by atoms with E-state index in [1.54, 1.807) is 0 Å². The molecule has 1 saturated heterocycles. The van der Waals surface area contributed by atoms with Crippen molar-refractivity contribution in [3.05, 3.63) is 29.3 Å². The van der Waals surface area contributed by atoms with Crippen LogP contribution >= 0.6 is 0 Å². The van der Waals surface area contributed by atoms with E-state index in [4.69, 9.17) is 11.5 Å². The summed E-state index contributed by atoms with van der Waals surface area (Å²) in [6.07, 6.45) is 2.43. The lowest BCUT2D eigenvalue weighted by molar-refractivity contribution is 0.460. The van der Waals surface area contributed by atoms with E-state index in [-0.39, 0.29) is 0 Å². The first kappa shape index (κ1) is 10.5. The number of nitrogen functional groups attached to an aromatic ring is 1. The van der Waals surface area contributed by atoms with Crippen LogP contribution in [-0.2, 0) is 6.54 Å². The zero-order chi connectivity index (χ0) is 10.7. The van der Waals surface area contributed by atoms with Crippen molar-refractivity contribution in [3.8, 4) is 0 Å². The van der Waals surface area contributed by atoms with Crippen LogP contribution in [0.3, 0.4) is 0 Å². The Bertz CT molecular complexity index is 330. The molecular formula is C12H19N3. The molecule has 0 spiro atoms. The Balaban J connectivity index is 2.20. The topological polar surface area (TPSA) is 64.1 Å². The fourth-order valence-corrected chi connectivity index (χ4v) is 2.21. The summed E-state index contributed by atoms with van der Waals surface area (Å²) in [7, 11) is 0. The predicted molar refractivity (Wildman–Crippen MR) is 63.6 cm³/mol.